The first kappa shape index (κ1) is 10.7. The van der Waals surface area contributed by atoms with Crippen LogP contribution in [0.15, 0.2) is 0 Å². The summed E-state index contributed by atoms with van der Waals surface area (Å²) >= 11 is 0. The number of halogens is 3. The standard InChI is InChI=1S/C6H13F3N2/c7-6(8,9)2-5-11-4-1-3-10/h11H,1-5,10H2. The summed E-state index contributed by atoms with van der Waals surface area (Å²) in [5.41, 5.74) is 5.13. The summed E-state index contributed by atoms with van der Waals surface area (Å²) in [6.45, 7) is 1.06. The van der Waals surface area contributed by atoms with Gasteiger partial charge in [-0.25, -0.2) is 0 Å². The van der Waals surface area contributed by atoms with Crippen molar-refractivity contribution in [3.8, 4) is 0 Å². The van der Waals surface area contributed by atoms with Crippen LogP contribution in [0.5, 0.6) is 0 Å². The molecule has 5 heteroatoms. The molecule has 0 rings (SSSR count). The summed E-state index contributed by atoms with van der Waals surface area (Å²) < 4.78 is 34.5. The molecule has 0 amide bonds. The van der Waals surface area contributed by atoms with Crippen LogP contribution in [0, 0.1) is 0 Å². The van der Waals surface area contributed by atoms with E-state index in [1.165, 1.54) is 0 Å². The topological polar surface area (TPSA) is 38.0 Å². The minimum Gasteiger partial charge on any atom is -0.330 e. The lowest BCUT2D eigenvalue weighted by atomic mass is 10.4. The molecule has 0 unspecified atom stereocenters. The van der Waals surface area contributed by atoms with E-state index in [1.807, 2.05) is 0 Å². The van der Waals surface area contributed by atoms with E-state index in [9.17, 15) is 13.2 Å². The highest BCUT2D eigenvalue weighted by Gasteiger charge is 2.25. The van der Waals surface area contributed by atoms with Gasteiger partial charge in [0.25, 0.3) is 0 Å². The van der Waals surface area contributed by atoms with Crippen molar-refractivity contribution in [3.05, 3.63) is 0 Å². The zero-order valence-corrected chi connectivity index (χ0v) is 6.25. The monoisotopic (exact) mass is 170 g/mol. The highest BCUT2D eigenvalue weighted by atomic mass is 19.4. The lowest BCUT2D eigenvalue weighted by Gasteiger charge is -2.06. The number of alkyl halides is 3. The number of nitrogens with two attached hydrogens (primary N) is 1. The Morgan fingerprint density at radius 1 is 1.18 bits per heavy atom. The molecule has 3 N–H and O–H groups in total. The molecule has 0 aliphatic rings. The van der Waals surface area contributed by atoms with Crippen LogP contribution in [0.25, 0.3) is 0 Å². The summed E-state index contributed by atoms with van der Waals surface area (Å²) in [6.07, 6.45) is -4.09. The van der Waals surface area contributed by atoms with Gasteiger partial charge in [0.05, 0.1) is 6.42 Å². The number of hydrogen-bond acceptors (Lipinski definition) is 2. The Labute approximate surface area is 64.0 Å². The van der Waals surface area contributed by atoms with Gasteiger partial charge in [0.15, 0.2) is 0 Å². The molecule has 0 radical (unpaired) electrons. The van der Waals surface area contributed by atoms with Crippen molar-refractivity contribution in [2.45, 2.75) is 19.0 Å². The SMILES string of the molecule is NCCCNCCC(F)(F)F. The first-order valence-electron chi connectivity index (χ1n) is 3.54. The quantitative estimate of drug-likeness (QED) is 0.601. The molecule has 68 valence electrons. The minimum absolute atomic E-state index is 0.0104. The third-order valence-electron chi connectivity index (χ3n) is 1.14. The molecule has 11 heavy (non-hydrogen) atoms. The maximum absolute atomic E-state index is 11.5. The predicted octanol–water partition coefficient (Wildman–Crippen LogP) is 0.877. The molecule has 0 spiro atoms. The van der Waals surface area contributed by atoms with Crippen molar-refractivity contribution >= 4 is 0 Å². The van der Waals surface area contributed by atoms with Crippen molar-refractivity contribution < 1.29 is 13.2 Å². The van der Waals surface area contributed by atoms with Crippen molar-refractivity contribution in [2.75, 3.05) is 19.6 Å². The zero-order valence-electron chi connectivity index (χ0n) is 6.25. The second-order valence-corrected chi connectivity index (χ2v) is 2.26. The van der Waals surface area contributed by atoms with Crippen LogP contribution in [0.1, 0.15) is 12.8 Å². The maximum atomic E-state index is 11.5. The summed E-state index contributed by atoms with van der Waals surface area (Å²) in [5, 5.41) is 2.64. The molecular formula is C6H13F3N2. The van der Waals surface area contributed by atoms with Gasteiger partial charge in [0, 0.05) is 6.54 Å². The predicted molar refractivity (Wildman–Crippen MR) is 37.2 cm³/mol. The van der Waals surface area contributed by atoms with E-state index in [0.29, 0.717) is 13.1 Å². The second kappa shape index (κ2) is 5.37. The smallest absolute Gasteiger partial charge is 0.330 e. The lowest BCUT2D eigenvalue weighted by molar-refractivity contribution is -0.133. The molecule has 2 nitrogen and oxygen atoms in total. The zero-order chi connectivity index (χ0) is 8.74. The Morgan fingerprint density at radius 3 is 2.27 bits per heavy atom. The molecule has 0 atom stereocenters. The molecule has 0 aromatic carbocycles. The van der Waals surface area contributed by atoms with E-state index in [1.54, 1.807) is 0 Å². The molecular weight excluding hydrogens is 157 g/mol. The van der Waals surface area contributed by atoms with E-state index < -0.39 is 12.6 Å². The summed E-state index contributed by atoms with van der Waals surface area (Å²) in [7, 11) is 0. The first-order valence-corrected chi connectivity index (χ1v) is 3.54. The van der Waals surface area contributed by atoms with Crippen LogP contribution in [0.4, 0.5) is 13.2 Å². The van der Waals surface area contributed by atoms with Gasteiger partial charge in [-0.15, -0.1) is 0 Å². The van der Waals surface area contributed by atoms with Gasteiger partial charge in [0.2, 0.25) is 0 Å². The van der Waals surface area contributed by atoms with Crippen molar-refractivity contribution in [2.24, 2.45) is 5.73 Å². The van der Waals surface area contributed by atoms with Gasteiger partial charge in [-0.3, -0.25) is 0 Å². The van der Waals surface area contributed by atoms with Gasteiger partial charge in [-0.05, 0) is 19.5 Å². The van der Waals surface area contributed by atoms with Gasteiger partial charge >= 0.3 is 6.18 Å². The molecule has 0 fully saturated rings. The van der Waals surface area contributed by atoms with Crippen LogP contribution < -0.4 is 11.1 Å². The van der Waals surface area contributed by atoms with Crippen LogP contribution in [-0.4, -0.2) is 25.8 Å². The molecule has 0 heterocycles. The van der Waals surface area contributed by atoms with Gasteiger partial charge in [0.1, 0.15) is 0 Å². The number of hydrogen-bond donors (Lipinski definition) is 2. The fourth-order valence-corrected chi connectivity index (χ4v) is 0.582. The maximum Gasteiger partial charge on any atom is 0.390 e. The number of rotatable bonds is 5. The molecule has 0 aliphatic carbocycles. The summed E-state index contributed by atoms with van der Waals surface area (Å²) in [4.78, 5) is 0. The highest BCUT2D eigenvalue weighted by molar-refractivity contribution is 4.54. The molecule has 0 saturated heterocycles. The molecule has 0 bridgehead atoms. The van der Waals surface area contributed by atoms with Crippen molar-refractivity contribution in [1.82, 2.24) is 5.32 Å². The van der Waals surface area contributed by atoms with Crippen molar-refractivity contribution in [1.29, 1.82) is 0 Å². The fraction of sp³-hybridized carbons (Fsp3) is 1.00. The Balaban J connectivity index is 3.02. The van der Waals surface area contributed by atoms with E-state index in [2.05, 4.69) is 5.32 Å². The lowest BCUT2D eigenvalue weighted by Crippen LogP contribution is -2.23. The Hall–Kier alpha value is -0.290. The Bertz CT molecular complexity index is 92.3. The second-order valence-electron chi connectivity index (χ2n) is 2.26. The van der Waals surface area contributed by atoms with Crippen LogP contribution in [0.2, 0.25) is 0 Å². The first-order chi connectivity index (χ1) is 5.06. The molecule has 0 saturated carbocycles. The fourth-order valence-electron chi connectivity index (χ4n) is 0.582. The highest BCUT2D eigenvalue weighted by Crippen LogP contribution is 2.17. The third-order valence-corrected chi connectivity index (χ3v) is 1.14. The Kier molecular flexibility index (Phi) is 5.23. The van der Waals surface area contributed by atoms with E-state index in [-0.39, 0.29) is 6.54 Å². The minimum atomic E-state index is -4.05. The molecule has 0 aromatic rings. The summed E-state index contributed by atoms with van der Waals surface area (Å²) in [6, 6.07) is 0. The van der Waals surface area contributed by atoms with E-state index >= 15 is 0 Å². The molecule has 0 aliphatic heterocycles. The van der Waals surface area contributed by atoms with Crippen LogP contribution >= 0.6 is 0 Å². The van der Waals surface area contributed by atoms with Gasteiger partial charge in [-0.1, -0.05) is 0 Å². The Morgan fingerprint density at radius 2 is 1.82 bits per heavy atom. The van der Waals surface area contributed by atoms with Gasteiger partial charge in [-0.2, -0.15) is 13.2 Å². The number of nitrogens with one attached hydrogen (secondary N) is 1. The van der Waals surface area contributed by atoms with Crippen LogP contribution in [-0.2, 0) is 0 Å². The van der Waals surface area contributed by atoms with E-state index in [0.717, 1.165) is 6.42 Å². The normalized spacial score (nSPS) is 12.0. The van der Waals surface area contributed by atoms with Crippen molar-refractivity contribution in [3.63, 3.8) is 0 Å². The average Bonchev–Trinajstić information content (AvgIpc) is 1.85. The third kappa shape index (κ3) is 9.71. The molecule has 0 aromatic heterocycles. The largest absolute Gasteiger partial charge is 0.390 e. The van der Waals surface area contributed by atoms with E-state index in [4.69, 9.17) is 5.73 Å². The van der Waals surface area contributed by atoms with Crippen LogP contribution in [0.3, 0.4) is 0 Å². The van der Waals surface area contributed by atoms with Gasteiger partial charge < -0.3 is 11.1 Å². The average molecular weight is 170 g/mol. The summed E-state index contributed by atoms with van der Waals surface area (Å²) in [5.74, 6) is 0.